The zero-order valence-corrected chi connectivity index (χ0v) is 21.2. The van der Waals surface area contributed by atoms with Crippen molar-refractivity contribution in [1.29, 1.82) is 0 Å². The number of imide groups is 1. The molecule has 7 nitrogen and oxygen atoms in total. The van der Waals surface area contributed by atoms with Gasteiger partial charge in [0.15, 0.2) is 11.5 Å². The third-order valence-electron chi connectivity index (χ3n) is 7.62. The number of hydrogen-bond donors (Lipinski definition) is 0. The van der Waals surface area contributed by atoms with Gasteiger partial charge in [0.05, 0.1) is 23.4 Å². The van der Waals surface area contributed by atoms with Crippen LogP contribution in [0.5, 0.6) is 17.2 Å². The van der Waals surface area contributed by atoms with E-state index in [-0.39, 0.29) is 12.7 Å². The lowest BCUT2D eigenvalue weighted by atomic mass is 9.64. The normalized spacial score (nSPS) is 25.3. The van der Waals surface area contributed by atoms with Crippen molar-refractivity contribution < 1.29 is 28.6 Å². The molecule has 0 unspecified atom stereocenters. The minimum atomic E-state index is -0.895. The molecule has 2 amide bonds. The highest BCUT2D eigenvalue weighted by molar-refractivity contribution is 9.10. The Labute approximate surface area is 220 Å². The minimum absolute atomic E-state index is 0.131. The van der Waals surface area contributed by atoms with Crippen LogP contribution in [0.15, 0.2) is 71.2 Å². The average Bonchev–Trinajstić information content (AvgIpc) is 3.46. The number of aryl methyl sites for hydroxylation is 1. The number of rotatable bonds is 2. The zero-order chi connectivity index (χ0) is 25.4. The molecule has 1 fully saturated rings. The highest BCUT2D eigenvalue weighted by atomic mass is 79.9. The molecule has 0 radical (unpaired) electrons. The molecule has 37 heavy (non-hydrogen) atoms. The number of hydrogen-bond acceptors (Lipinski definition) is 6. The zero-order valence-electron chi connectivity index (χ0n) is 19.6. The van der Waals surface area contributed by atoms with Gasteiger partial charge in [0.25, 0.3) is 0 Å². The van der Waals surface area contributed by atoms with Gasteiger partial charge in [-0.25, -0.2) is 4.90 Å². The van der Waals surface area contributed by atoms with Gasteiger partial charge in [-0.3, -0.25) is 14.4 Å². The molecular weight excluding hydrogens is 538 g/mol. The highest BCUT2D eigenvalue weighted by Gasteiger charge is 2.60. The first-order valence-corrected chi connectivity index (χ1v) is 12.8. The number of allylic oxidation sites excluding steroid dienone is 1. The molecule has 3 heterocycles. The Kier molecular flexibility index (Phi) is 4.85. The largest absolute Gasteiger partial charge is 0.454 e. The second-order valence-electron chi connectivity index (χ2n) is 9.70. The molecule has 4 aliphatic rings. The van der Waals surface area contributed by atoms with E-state index in [0.717, 1.165) is 21.2 Å². The topological polar surface area (TPSA) is 82.1 Å². The number of nitrogens with zero attached hydrogens (tertiary/aromatic N) is 1. The second kappa shape index (κ2) is 8.05. The third kappa shape index (κ3) is 3.28. The first kappa shape index (κ1) is 22.3. The lowest BCUT2D eigenvalue weighted by Gasteiger charge is -2.38. The summed E-state index contributed by atoms with van der Waals surface area (Å²) in [4.78, 5) is 42.6. The summed E-state index contributed by atoms with van der Waals surface area (Å²) in [6, 6.07) is 18.3. The highest BCUT2D eigenvalue weighted by Crippen LogP contribution is 2.55. The van der Waals surface area contributed by atoms with Gasteiger partial charge in [-0.05, 0) is 66.1 Å². The molecule has 1 aliphatic carbocycles. The molecule has 0 bridgehead atoms. The number of fused-ring (bicyclic) bond motifs is 6. The van der Waals surface area contributed by atoms with Crippen molar-refractivity contribution in [3.63, 3.8) is 0 Å². The second-order valence-corrected chi connectivity index (χ2v) is 10.6. The van der Waals surface area contributed by atoms with Crippen LogP contribution in [0.1, 0.15) is 22.6 Å². The maximum absolute atomic E-state index is 14.0. The van der Waals surface area contributed by atoms with E-state index in [4.69, 9.17) is 14.2 Å². The van der Waals surface area contributed by atoms with E-state index in [1.807, 2.05) is 49.4 Å². The lowest BCUT2D eigenvalue weighted by Crippen LogP contribution is -2.42. The van der Waals surface area contributed by atoms with Gasteiger partial charge >= 0.3 is 5.97 Å². The molecule has 3 aliphatic heterocycles. The molecule has 4 atom stereocenters. The van der Waals surface area contributed by atoms with Crippen LogP contribution >= 0.6 is 15.9 Å². The summed E-state index contributed by atoms with van der Waals surface area (Å²) in [5.74, 6) is -2.55. The van der Waals surface area contributed by atoms with Crippen molar-refractivity contribution in [1.82, 2.24) is 0 Å². The molecule has 0 saturated carbocycles. The number of ether oxygens (including phenoxy) is 3. The van der Waals surface area contributed by atoms with Crippen molar-refractivity contribution in [2.24, 2.45) is 17.8 Å². The van der Waals surface area contributed by atoms with E-state index in [0.29, 0.717) is 28.5 Å². The Bertz CT molecular complexity index is 1540. The van der Waals surface area contributed by atoms with Crippen LogP contribution in [0.3, 0.4) is 0 Å². The number of anilines is 1. The van der Waals surface area contributed by atoms with E-state index < -0.39 is 35.5 Å². The summed E-state index contributed by atoms with van der Waals surface area (Å²) in [5.41, 5.74) is 3.73. The Morgan fingerprint density at radius 3 is 2.41 bits per heavy atom. The maximum atomic E-state index is 14.0. The molecule has 184 valence electrons. The van der Waals surface area contributed by atoms with Crippen LogP contribution in [-0.2, 0) is 14.4 Å². The summed E-state index contributed by atoms with van der Waals surface area (Å²) in [6.07, 6.45) is 1.97. The summed E-state index contributed by atoms with van der Waals surface area (Å²) >= 11 is 3.40. The number of carbonyl (C=O) groups is 3. The van der Waals surface area contributed by atoms with E-state index >= 15 is 0 Å². The van der Waals surface area contributed by atoms with Crippen LogP contribution in [0.2, 0.25) is 0 Å². The standard InChI is InChI=1S/C29H20BrNO6/c1-14-2-8-18-20-12-19(15-3-9-21-23(11-15)36-13-35-21)24-26(25(20)29(34)37-22(18)10-14)28(33)31(27(24)32)17-6-4-16(30)5-7-17/h2-12,19,24-26H,13H2,1H3/t19-,24-,25-,26+/m1/s1. The van der Waals surface area contributed by atoms with Gasteiger partial charge in [0.2, 0.25) is 18.6 Å². The number of carbonyl (C=O) groups excluding carboxylic acids is 3. The fraction of sp³-hybridized carbons (Fsp3) is 0.207. The van der Waals surface area contributed by atoms with E-state index in [2.05, 4.69) is 15.9 Å². The van der Waals surface area contributed by atoms with Gasteiger partial charge in [0, 0.05) is 16.0 Å². The lowest BCUT2D eigenvalue weighted by molar-refractivity contribution is -0.142. The molecule has 3 aromatic rings. The Morgan fingerprint density at radius 2 is 1.59 bits per heavy atom. The predicted molar refractivity (Wildman–Crippen MR) is 137 cm³/mol. The third-order valence-corrected chi connectivity index (χ3v) is 8.15. The van der Waals surface area contributed by atoms with Crippen molar-refractivity contribution in [3.05, 3.63) is 87.9 Å². The monoisotopic (exact) mass is 557 g/mol. The average molecular weight is 558 g/mol. The fourth-order valence-corrected chi connectivity index (χ4v) is 6.22. The number of benzene rings is 3. The smallest absolute Gasteiger partial charge is 0.319 e. The van der Waals surface area contributed by atoms with Gasteiger partial charge in [-0.15, -0.1) is 0 Å². The SMILES string of the molecule is Cc1ccc2c(c1)OC(=O)[C@@H]1C2=C[C@H](c2ccc3c(c2)OCO3)[C@H]2C(=O)N(c3ccc(Br)cc3)C(=O)[C@H]12. The number of halogens is 1. The molecule has 0 aromatic heterocycles. The van der Waals surface area contributed by atoms with Crippen LogP contribution in [0.25, 0.3) is 5.57 Å². The van der Waals surface area contributed by atoms with Crippen LogP contribution < -0.4 is 19.1 Å². The van der Waals surface area contributed by atoms with Crippen LogP contribution in [0, 0.1) is 24.7 Å². The van der Waals surface area contributed by atoms with Gasteiger partial charge in [0.1, 0.15) is 5.75 Å². The Balaban J connectivity index is 1.42. The van der Waals surface area contributed by atoms with Crippen LogP contribution in [-0.4, -0.2) is 24.6 Å². The van der Waals surface area contributed by atoms with Gasteiger partial charge in [-0.1, -0.05) is 40.2 Å². The van der Waals surface area contributed by atoms with E-state index in [9.17, 15) is 14.4 Å². The first-order valence-electron chi connectivity index (χ1n) is 12.0. The summed E-state index contributed by atoms with van der Waals surface area (Å²) < 4.78 is 17.6. The molecule has 1 saturated heterocycles. The van der Waals surface area contributed by atoms with Crippen molar-refractivity contribution in [3.8, 4) is 17.2 Å². The fourth-order valence-electron chi connectivity index (χ4n) is 5.96. The minimum Gasteiger partial charge on any atom is -0.454 e. The maximum Gasteiger partial charge on any atom is 0.319 e. The van der Waals surface area contributed by atoms with Crippen molar-refractivity contribution >= 4 is 45.0 Å². The quantitative estimate of drug-likeness (QED) is 0.250. The predicted octanol–water partition coefficient (Wildman–Crippen LogP) is 5.01. The first-order chi connectivity index (χ1) is 17.9. The number of amides is 2. The molecule has 3 aromatic carbocycles. The molecule has 0 spiro atoms. The Morgan fingerprint density at radius 1 is 0.838 bits per heavy atom. The number of esters is 1. The molecule has 7 rings (SSSR count). The van der Waals surface area contributed by atoms with Gasteiger partial charge < -0.3 is 14.2 Å². The summed E-state index contributed by atoms with van der Waals surface area (Å²) in [5, 5.41) is 0. The Hall–Kier alpha value is -3.91. The van der Waals surface area contributed by atoms with Gasteiger partial charge in [-0.2, -0.15) is 0 Å². The summed E-state index contributed by atoms with van der Waals surface area (Å²) in [6.45, 7) is 2.06. The molecule has 0 N–H and O–H groups in total. The molecule has 8 heteroatoms. The van der Waals surface area contributed by atoms with Crippen molar-refractivity contribution in [2.75, 3.05) is 11.7 Å². The molecular formula is C29H20BrNO6. The van der Waals surface area contributed by atoms with Crippen molar-refractivity contribution in [2.45, 2.75) is 12.8 Å². The summed E-state index contributed by atoms with van der Waals surface area (Å²) in [7, 11) is 0. The van der Waals surface area contributed by atoms with E-state index in [1.54, 1.807) is 24.3 Å². The van der Waals surface area contributed by atoms with E-state index in [1.165, 1.54) is 4.90 Å². The van der Waals surface area contributed by atoms with Crippen LogP contribution in [0.4, 0.5) is 5.69 Å².